The van der Waals surface area contributed by atoms with Crippen LogP contribution in [0.2, 0.25) is 0 Å². The largest absolute Gasteiger partial charge is 0.497 e. The molecule has 5 rings (SSSR count). The fourth-order valence-electron chi connectivity index (χ4n) is 4.21. The predicted molar refractivity (Wildman–Crippen MR) is 119 cm³/mol. The van der Waals surface area contributed by atoms with Gasteiger partial charge < -0.3 is 9.64 Å². The fraction of sp³-hybridized carbons (Fsp3) is 0.167. The molecule has 0 saturated carbocycles. The molecule has 1 spiro atoms. The lowest BCUT2D eigenvalue weighted by Gasteiger charge is -2.33. The minimum absolute atomic E-state index is 0.0742. The number of benzene rings is 3. The van der Waals surface area contributed by atoms with Crippen LogP contribution in [0.25, 0.3) is 0 Å². The molecule has 30 heavy (non-hydrogen) atoms. The molecule has 1 saturated heterocycles. The smallest absolute Gasteiger partial charge is 0.269 e. The second-order valence-corrected chi connectivity index (χ2v) is 8.42. The van der Waals surface area contributed by atoms with Crippen molar-refractivity contribution >= 4 is 35.0 Å². The molecule has 6 heteroatoms. The molecule has 0 radical (unpaired) electrons. The van der Waals surface area contributed by atoms with Crippen molar-refractivity contribution in [1.29, 1.82) is 0 Å². The second-order valence-electron chi connectivity index (χ2n) is 7.25. The number of methoxy groups -OCH3 is 1. The monoisotopic (exact) mass is 416 g/mol. The Morgan fingerprint density at radius 3 is 2.37 bits per heavy atom. The lowest BCUT2D eigenvalue weighted by Crippen LogP contribution is -2.49. The summed E-state index contributed by atoms with van der Waals surface area (Å²) < 4.78 is 5.25. The Hall–Kier alpha value is -3.25. The van der Waals surface area contributed by atoms with Crippen molar-refractivity contribution in [2.45, 2.75) is 11.4 Å². The number of nitrogens with zero attached hydrogens (tertiary/aromatic N) is 2. The van der Waals surface area contributed by atoms with Gasteiger partial charge in [0.25, 0.3) is 5.91 Å². The molecule has 0 aliphatic carbocycles. The van der Waals surface area contributed by atoms with Crippen LogP contribution in [0.5, 0.6) is 5.75 Å². The Labute approximate surface area is 179 Å². The molecule has 0 bridgehead atoms. The fourth-order valence-corrected chi connectivity index (χ4v) is 5.57. The highest BCUT2D eigenvalue weighted by Gasteiger charge is 2.60. The first-order valence-electron chi connectivity index (χ1n) is 9.71. The van der Waals surface area contributed by atoms with Gasteiger partial charge in [-0.2, -0.15) is 0 Å². The zero-order valence-electron chi connectivity index (χ0n) is 16.4. The molecule has 2 amide bonds. The molecule has 0 N–H and O–H groups in total. The van der Waals surface area contributed by atoms with Gasteiger partial charge >= 0.3 is 0 Å². The van der Waals surface area contributed by atoms with Crippen LogP contribution < -0.4 is 14.5 Å². The highest BCUT2D eigenvalue weighted by molar-refractivity contribution is 8.02. The van der Waals surface area contributed by atoms with E-state index in [1.165, 1.54) is 11.8 Å². The molecule has 1 unspecified atom stereocenters. The van der Waals surface area contributed by atoms with Gasteiger partial charge in [0.05, 0.1) is 25.1 Å². The maximum atomic E-state index is 13.9. The van der Waals surface area contributed by atoms with Crippen molar-refractivity contribution in [1.82, 2.24) is 0 Å². The standard InChI is InChI=1S/C24H20N2O3S/c1-29-19-13-11-18(12-14-19)26-22(27)16-30-24(26)20-9-5-6-10-21(20)25(23(24)28)15-17-7-3-2-4-8-17/h2-14H,15-16H2,1H3. The lowest BCUT2D eigenvalue weighted by molar-refractivity contribution is -0.123. The van der Waals surface area contributed by atoms with Crippen molar-refractivity contribution in [3.05, 3.63) is 90.0 Å². The first kappa shape index (κ1) is 18.8. The molecule has 1 fully saturated rings. The Morgan fingerprint density at radius 2 is 1.63 bits per heavy atom. The lowest BCUT2D eigenvalue weighted by atomic mass is 10.0. The summed E-state index contributed by atoms with van der Waals surface area (Å²) in [7, 11) is 1.60. The maximum Gasteiger partial charge on any atom is 0.269 e. The summed E-state index contributed by atoms with van der Waals surface area (Å²) in [5, 5.41) is 0. The summed E-state index contributed by atoms with van der Waals surface area (Å²) in [6.45, 7) is 0.462. The van der Waals surface area contributed by atoms with Gasteiger partial charge in [0.1, 0.15) is 5.75 Å². The minimum atomic E-state index is -1.09. The second kappa shape index (κ2) is 7.22. The van der Waals surface area contributed by atoms with Gasteiger partial charge in [0.2, 0.25) is 10.8 Å². The minimum Gasteiger partial charge on any atom is -0.497 e. The van der Waals surface area contributed by atoms with Gasteiger partial charge in [-0.1, -0.05) is 48.5 Å². The average Bonchev–Trinajstić information content (AvgIpc) is 3.26. The van der Waals surface area contributed by atoms with E-state index in [9.17, 15) is 9.59 Å². The number of anilines is 2. The van der Waals surface area contributed by atoms with Crippen molar-refractivity contribution in [3.63, 3.8) is 0 Å². The molecular formula is C24H20N2O3S. The molecule has 0 aromatic heterocycles. The summed E-state index contributed by atoms with van der Waals surface area (Å²) in [6, 6.07) is 25.0. The zero-order chi connectivity index (χ0) is 20.7. The third-order valence-corrected chi connectivity index (χ3v) is 6.96. The number of carbonyl (C=O) groups is 2. The summed E-state index contributed by atoms with van der Waals surface area (Å²) in [5.74, 6) is 0.802. The zero-order valence-corrected chi connectivity index (χ0v) is 17.3. The van der Waals surface area contributed by atoms with E-state index in [0.717, 1.165) is 16.8 Å². The van der Waals surface area contributed by atoms with Crippen LogP contribution in [0.1, 0.15) is 11.1 Å². The van der Waals surface area contributed by atoms with Crippen molar-refractivity contribution in [2.75, 3.05) is 22.7 Å². The first-order valence-corrected chi connectivity index (χ1v) is 10.7. The number of hydrogen-bond donors (Lipinski definition) is 0. The Bertz CT molecular complexity index is 1120. The van der Waals surface area contributed by atoms with E-state index in [0.29, 0.717) is 18.0 Å². The summed E-state index contributed by atoms with van der Waals surface area (Å²) in [6.07, 6.45) is 0. The topological polar surface area (TPSA) is 49.9 Å². The van der Waals surface area contributed by atoms with E-state index in [4.69, 9.17) is 4.74 Å². The molecule has 150 valence electrons. The van der Waals surface area contributed by atoms with Gasteiger partial charge in [-0.3, -0.25) is 14.5 Å². The number of fused-ring (bicyclic) bond motifs is 2. The van der Waals surface area contributed by atoms with E-state index in [1.54, 1.807) is 16.9 Å². The van der Waals surface area contributed by atoms with Crippen LogP contribution in [0.15, 0.2) is 78.9 Å². The highest BCUT2D eigenvalue weighted by Crippen LogP contribution is 2.55. The highest BCUT2D eigenvalue weighted by atomic mass is 32.2. The molecule has 3 aromatic rings. The maximum absolute atomic E-state index is 13.9. The summed E-state index contributed by atoms with van der Waals surface area (Å²) >= 11 is 1.39. The number of thioether (sulfide) groups is 1. The van der Waals surface area contributed by atoms with Crippen molar-refractivity contribution in [2.24, 2.45) is 0 Å². The van der Waals surface area contributed by atoms with Crippen molar-refractivity contribution in [3.8, 4) is 5.75 Å². The van der Waals surface area contributed by atoms with Crippen LogP contribution in [-0.4, -0.2) is 24.7 Å². The Morgan fingerprint density at radius 1 is 0.933 bits per heavy atom. The van der Waals surface area contributed by atoms with Gasteiger partial charge in [-0.15, -0.1) is 11.8 Å². The molecular weight excluding hydrogens is 396 g/mol. The van der Waals surface area contributed by atoms with Gasteiger partial charge in [-0.25, -0.2) is 0 Å². The SMILES string of the molecule is COc1ccc(N2C(=O)CSC23C(=O)N(Cc2ccccc2)c2ccccc23)cc1. The summed E-state index contributed by atoms with van der Waals surface area (Å²) in [4.78, 5) is 29.3. The normalized spacial score (nSPS) is 20.2. The third kappa shape index (κ3) is 2.71. The predicted octanol–water partition coefficient (Wildman–Crippen LogP) is 4.17. The average molecular weight is 417 g/mol. The van der Waals surface area contributed by atoms with E-state index in [1.807, 2.05) is 78.9 Å². The van der Waals surface area contributed by atoms with E-state index >= 15 is 0 Å². The van der Waals surface area contributed by atoms with Gasteiger partial charge in [-0.05, 0) is 35.9 Å². The molecule has 5 nitrogen and oxygen atoms in total. The number of rotatable bonds is 4. The number of para-hydroxylation sites is 1. The van der Waals surface area contributed by atoms with Crippen LogP contribution >= 0.6 is 11.8 Å². The van der Waals surface area contributed by atoms with Gasteiger partial charge in [0, 0.05) is 11.3 Å². The quantitative estimate of drug-likeness (QED) is 0.640. The van der Waals surface area contributed by atoms with Crippen LogP contribution in [-0.2, 0) is 21.0 Å². The number of amides is 2. The Balaban J connectivity index is 1.62. The molecule has 2 heterocycles. The van der Waals surface area contributed by atoms with E-state index in [-0.39, 0.29) is 17.6 Å². The summed E-state index contributed by atoms with van der Waals surface area (Å²) in [5.41, 5.74) is 3.45. The molecule has 1 atom stereocenters. The van der Waals surface area contributed by atoms with E-state index in [2.05, 4.69) is 0 Å². The first-order chi connectivity index (χ1) is 14.6. The Kier molecular flexibility index (Phi) is 4.51. The number of ether oxygens (including phenoxy) is 1. The van der Waals surface area contributed by atoms with Gasteiger partial charge in [0.15, 0.2) is 0 Å². The van der Waals surface area contributed by atoms with Crippen LogP contribution in [0.4, 0.5) is 11.4 Å². The molecule has 3 aromatic carbocycles. The van der Waals surface area contributed by atoms with Crippen LogP contribution in [0, 0.1) is 0 Å². The number of carbonyl (C=O) groups excluding carboxylic acids is 2. The van der Waals surface area contributed by atoms with Crippen LogP contribution in [0.3, 0.4) is 0 Å². The number of hydrogen-bond acceptors (Lipinski definition) is 4. The van der Waals surface area contributed by atoms with Crippen molar-refractivity contribution < 1.29 is 14.3 Å². The third-order valence-electron chi connectivity index (χ3n) is 5.58. The van der Waals surface area contributed by atoms with E-state index < -0.39 is 4.87 Å². The molecule has 2 aliphatic rings. The molecule has 2 aliphatic heterocycles.